The number of rotatable bonds is 9. The average Bonchev–Trinajstić information content (AvgIpc) is 2.21. The molecule has 0 saturated carbocycles. The Labute approximate surface area is 98.5 Å². The molecule has 1 unspecified atom stereocenters. The van der Waals surface area contributed by atoms with Gasteiger partial charge < -0.3 is 9.84 Å². The normalized spacial score (nSPS) is 12.2. The van der Waals surface area contributed by atoms with Crippen LogP contribution in [0.25, 0.3) is 0 Å². The predicted octanol–water partition coefficient (Wildman–Crippen LogP) is 2.83. The molecule has 0 aromatic heterocycles. The SMILES string of the molecule is C=C(C)C(=O)OCCCCCCCC(C)O. The van der Waals surface area contributed by atoms with Gasteiger partial charge in [-0.3, -0.25) is 0 Å². The molecule has 16 heavy (non-hydrogen) atoms. The summed E-state index contributed by atoms with van der Waals surface area (Å²) in [6, 6.07) is 0. The summed E-state index contributed by atoms with van der Waals surface area (Å²) >= 11 is 0. The Morgan fingerprint density at radius 3 is 2.38 bits per heavy atom. The van der Waals surface area contributed by atoms with Crippen molar-refractivity contribution in [3.05, 3.63) is 12.2 Å². The Balaban J connectivity index is 3.16. The summed E-state index contributed by atoms with van der Waals surface area (Å²) in [5.74, 6) is -0.297. The summed E-state index contributed by atoms with van der Waals surface area (Å²) in [5.41, 5.74) is 0.455. The van der Waals surface area contributed by atoms with E-state index in [1.54, 1.807) is 6.92 Å². The standard InChI is InChI=1S/C13H24O3/c1-11(2)13(15)16-10-8-6-4-5-7-9-12(3)14/h12,14H,1,4-10H2,2-3H3. The van der Waals surface area contributed by atoms with Gasteiger partial charge in [0.1, 0.15) is 0 Å². The Morgan fingerprint density at radius 2 is 1.81 bits per heavy atom. The van der Waals surface area contributed by atoms with Crippen LogP contribution in [0.1, 0.15) is 52.4 Å². The minimum atomic E-state index is -0.297. The highest BCUT2D eigenvalue weighted by atomic mass is 16.5. The van der Waals surface area contributed by atoms with E-state index >= 15 is 0 Å². The molecule has 0 aliphatic carbocycles. The van der Waals surface area contributed by atoms with E-state index in [4.69, 9.17) is 9.84 Å². The molecule has 0 fully saturated rings. The minimum absolute atomic E-state index is 0.184. The van der Waals surface area contributed by atoms with Crippen molar-refractivity contribution in [1.29, 1.82) is 0 Å². The maximum absolute atomic E-state index is 11.0. The summed E-state index contributed by atoms with van der Waals surface area (Å²) in [7, 11) is 0. The zero-order valence-electron chi connectivity index (χ0n) is 10.5. The van der Waals surface area contributed by atoms with Crippen LogP contribution in [0.2, 0.25) is 0 Å². The molecule has 0 bridgehead atoms. The van der Waals surface area contributed by atoms with Crippen molar-refractivity contribution in [2.45, 2.75) is 58.5 Å². The molecule has 0 aromatic carbocycles. The molecular formula is C13H24O3. The quantitative estimate of drug-likeness (QED) is 0.375. The van der Waals surface area contributed by atoms with Gasteiger partial charge in [0, 0.05) is 5.57 Å². The Morgan fingerprint density at radius 1 is 1.25 bits per heavy atom. The number of aliphatic hydroxyl groups excluding tert-OH is 1. The maximum Gasteiger partial charge on any atom is 0.333 e. The summed E-state index contributed by atoms with van der Waals surface area (Å²) in [5, 5.41) is 9.04. The van der Waals surface area contributed by atoms with Crippen molar-refractivity contribution in [2.24, 2.45) is 0 Å². The molecule has 1 atom stereocenters. The molecule has 1 N–H and O–H groups in total. The van der Waals surface area contributed by atoms with Crippen LogP contribution in [0, 0.1) is 0 Å². The van der Waals surface area contributed by atoms with Gasteiger partial charge in [0.15, 0.2) is 0 Å². The Kier molecular flexibility index (Phi) is 8.91. The molecule has 3 heteroatoms. The van der Waals surface area contributed by atoms with Crippen LogP contribution in [0.15, 0.2) is 12.2 Å². The first-order chi connectivity index (χ1) is 7.54. The molecule has 94 valence electrons. The number of esters is 1. The van der Waals surface area contributed by atoms with Gasteiger partial charge in [0.25, 0.3) is 0 Å². The second kappa shape index (κ2) is 9.40. The van der Waals surface area contributed by atoms with E-state index in [1.165, 1.54) is 0 Å². The molecule has 0 rings (SSSR count). The van der Waals surface area contributed by atoms with E-state index in [1.807, 2.05) is 6.92 Å². The number of hydrogen-bond acceptors (Lipinski definition) is 3. The first kappa shape index (κ1) is 15.2. The van der Waals surface area contributed by atoms with Gasteiger partial charge in [-0.15, -0.1) is 0 Å². The zero-order chi connectivity index (χ0) is 12.4. The summed E-state index contributed by atoms with van der Waals surface area (Å²) in [6.07, 6.45) is 6.03. The average molecular weight is 228 g/mol. The molecule has 0 heterocycles. The lowest BCUT2D eigenvalue weighted by atomic mass is 10.1. The van der Waals surface area contributed by atoms with Crippen LogP contribution in [0.4, 0.5) is 0 Å². The maximum atomic E-state index is 11.0. The van der Waals surface area contributed by atoms with Crippen LogP contribution in [-0.4, -0.2) is 23.8 Å². The van der Waals surface area contributed by atoms with Crippen molar-refractivity contribution in [2.75, 3.05) is 6.61 Å². The molecule has 0 radical (unpaired) electrons. The fraction of sp³-hybridized carbons (Fsp3) is 0.769. The minimum Gasteiger partial charge on any atom is -0.462 e. The molecule has 0 aliphatic heterocycles. The molecule has 0 saturated heterocycles. The lowest BCUT2D eigenvalue weighted by molar-refractivity contribution is -0.139. The topological polar surface area (TPSA) is 46.5 Å². The largest absolute Gasteiger partial charge is 0.462 e. The summed E-state index contributed by atoms with van der Waals surface area (Å²) in [6.45, 7) is 7.47. The third kappa shape index (κ3) is 9.71. The number of ether oxygens (including phenoxy) is 1. The Bertz CT molecular complexity index is 209. The summed E-state index contributed by atoms with van der Waals surface area (Å²) in [4.78, 5) is 11.0. The van der Waals surface area contributed by atoms with E-state index in [9.17, 15) is 4.79 Å². The van der Waals surface area contributed by atoms with Crippen molar-refractivity contribution in [3.63, 3.8) is 0 Å². The van der Waals surface area contributed by atoms with E-state index in [0.29, 0.717) is 12.2 Å². The molecule has 0 amide bonds. The third-order valence-corrected chi connectivity index (χ3v) is 2.35. The first-order valence-electron chi connectivity index (χ1n) is 6.04. The smallest absolute Gasteiger partial charge is 0.333 e. The predicted molar refractivity (Wildman–Crippen MR) is 65.2 cm³/mol. The Hall–Kier alpha value is -0.830. The lowest BCUT2D eigenvalue weighted by Gasteiger charge is -2.05. The summed E-state index contributed by atoms with van der Waals surface area (Å²) < 4.78 is 4.97. The van der Waals surface area contributed by atoms with Gasteiger partial charge in [-0.1, -0.05) is 32.3 Å². The fourth-order valence-corrected chi connectivity index (χ4v) is 1.36. The number of unbranched alkanes of at least 4 members (excludes halogenated alkanes) is 4. The van der Waals surface area contributed by atoms with Gasteiger partial charge in [-0.25, -0.2) is 4.79 Å². The monoisotopic (exact) mass is 228 g/mol. The van der Waals surface area contributed by atoms with E-state index in [2.05, 4.69) is 6.58 Å². The highest BCUT2D eigenvalue weighted by Crippen LogP contribution is 2.07. The molecule has 0 spiro atoms. The van der Waals surface area contributed by atoms with Crippen molar-refractivity contribution < 1.29 is 14.6 Å². The van der Waals surface area contributed by atoms with Crippen molar-refractivity contribution >= 4 is 5.97 Å². The molecule has 3 nitrogen and oxygen atoms in total. The number of carbonyl (C=O) groups is 1. The van der Waals surface area contributed by atoms with Crippen LogP contribution in [0.3, 0.4) is 0 Å². The first-order valence-corrected chi connectivity index (χ1v) is 6.04. The zero-order valence-corrected chi connectivity index (χ0v) is 10.5. The molecule has 0 aromatic rings. The third-order valence-electron chi connectivity index (χ3n) is 2.35. The van der Waals surface area contributed by atoms with Crippen LogP contribution in [-0.2, 0) is 9.53 Å². The van der Waals surface area contributed by atoms with Gasteiger partial charge in [-0.05, 0) is 26.7 Å². The van der Waals surface area contributed by atoms with E-state index in [-0.39, 0.29) is 12.1 Å². The van der Waals surface area contributed by atoms with Gasteiger partial charge >= 0.3 is 5.97 Å². The van der Waals surface area contributed by atoms with Gasteiger partial charge in [-0.2, -0.15) is 0 Å². The van der Waals surface area contributed by atoms with Crippen molar-refractivity contribution in [1.82, 2.24) is 0 Å². The number of hydrogen-bond donors (Lipinski definition) is 1. The molecule has 0 aliphatic rings. The highest BCUT2D eigenvalue weighted by molar-refractivity contribution is 5.86. The van der Waals surface area contributed by atoms with Gasteiger partial charge in [0.2, 0.25) is 0 Å². The van der Waals surface area contributed by atoms with Crippen LogP contribution in [0.5, 0.6) is 0 Å². The number of carbonyl (C=O) groups excluding carboxylic acids is 1. The molecular weight excluding hydrogens is 204 g/mol. The van der Waals surface area contributed by atoms with Crippen LogP contribution >= 0.6 is 0 Å². The number of aliphatic hydroxyl groups is 1. The van der Waals surface area contributed by atoms with Crippen molar-refractivity contribution in [3.8, 4) is 0 Å². The second-order valence-corrected chi connectivity index (χ2v) is 4.32. The fourth-order valence-electron chi connectivity index (χ4n) is 1.36. The van der Waals surface area contributed by atoms with E-state index < -0.39 is 0 Å². The second-order valence-electron chi connectivity index (χ2n) is 4.32. The highest BCUT2D eigenvalue weighted by Gasteiger charge is 2.01. The van der Waals surface area contributed by atoms with E-state index in [0.717, 1.165) is 38.5 Å². The van der Waals surface area contributed by atoms with Crippen LogP contribution < -0.4 is 0 Å². The van der Waals surface area contributed by atoms with Gasteiger partial charge in [0.05, 0.1) is 12.7 Å². The lowest BCUT2D eigenvalue weighted by Crippen LogP contribution is -2.06.